The summed E-state index contributed by atoms with van der Waals surface area (Å²) >= 11 is 2.88. The summed E-state index contributed by atoms with van der Waals surface area (Å²) in [5.74, 6) is -2.74. The lowest BCUT2D eigenvalue weighted by Gasteiger charge is -2.40. The van der Waals surface area contributed by atoms with E-state index in [2.05, 4.69) is 30.2 Å². The molecule has 6 aromatic rings. The minimum atomic E-state index is -4.80. The van der Waals surface area contributed by atoms with E-state index in [-0.39, 0.29) is 66.1 Å². The van der Waals surface area contributed by atoms with Crippen LogP contribution in [0.4, 0.5) is 18.0 Å². The van der Waals surface area contributed by atoms with Gasteiger partial charge in [-0.3, -0.25) is 24.1 Å². The first-order valence-electron chi connectivity index (χ1n) is 27.6. The molecule has 0 bridgehead atoms. The SMILES string of the molecule is CC(C(=O)NC(C(=O)N1CCC[C@H]1c1nc(C(=O)c2cccc(OCCOCCOCCN3CCC(CNC(=O)c4cccc(-c5noc(C(F)(F)F)n5)c4)(c4nc(-c5ccccc5)cs4)CC3)c2)cs1)C1CCCCC1)N(C)C(=O)O. The smallest absolute Gasteiger partial charge is 0.471 e. The number of likely N-dealkylation sites (N-methyl/N-ethyl adjacent to an activating group) is 1. The fourth-order valence-corrected chi connectivity index (χ4v) is 12.7. The lowest BCUT2D eigenvalue weighted by molar-refractivity contribution is -0.159. The minimum absolute atomic E-state index is 0.0728. The molecule has 2 aliphatic heterocycles. The van der Waals surface area contributed by atoms with Crippen molar-refractivity contribution in [2.75, 3.05) is 72.8 Å². The third-order valence-corrected chi connectivity index (χ3v) is 17.6. The van der Waals surface area contributed by atoms with Gasteiger partial charge in [0.15, 0.2) is 0 Å². The Morgan fingerprint density at radius 3 is 2.28 bits per heavy atom. The topological polar surface area (TPSA) is 232 Å². The van der Waals surface area contributed by atoms with Crippen LogP contribution in [0.15, 0.2) is 94.1 Å². The molecule has 1 saturated carbocycles. The lowest BCUT2D eigenvalue weighted by atomic mass is 9.78. The molecule has 2 saturated heterocycles. The van der Waals surface area contributed by atoms with Crippen LogP contribution in [0.2, 0.25) is 0 Å². The first-order valence-corrected chi connectivity index (χ1v) is 29.3. The molecule has 9 rings (SSSR count). The molecule has 1 aliphatic carbocycles. The van der Waals surface area contributed by atoms with Crippen LogP contribution in [0, 0.1) is 5.92 Å². The Hall–Kier alpha value is -7.12. The van der Waals surface area contributed by atoms with Gasteiger partial charge < -0.3 is 44.3 Å². The number of halogens is 3. The van der Waals surface area contributed by atoms with Gasteiger partial charge in [0.25, 0.3) is 5.91 Å². The third kappa shape index (κ3) is 14.7. The molecule has 3 N–H and O–H groups in total. The zero-order valence-corrected chi connectivity index (χ0v) is 47.2. The number of carboxylic acid groups (broad SMARTS) is 1. The van der Waals surface area contributed by atoms with E-state index >= 15 is 0 Å². The van der Waals surface area contributed by atoms with Crippen LogP contribution in [-0.2, 0) is 30.7 Å². The van der Waals surface area contributed by atoms with Crippen LogP contribution >= 0.6 is 22.7 Å². The molecule has 3 fully saturated rings. The van der Waals surface area contributed by atoms with Crippen LogP contribution < -0.4 is 15.4 Å². The maximum atomic E-state index is 14.3. The number of hydrogen-bond donors (Lipinski definition) is 3. The zero-order chi connectivity index (χ0) is 57.8. The Labute approximate surface area is 480 Å². The van der Waals surface area contributed by atoms with Gasteiger partial charge in [0, 0.05) is 65.1 Å². The highest BCUT2D eigenvalue weighted by atomic mass is 32.1. The zero-order valence-electron chi connectivity index (χ0n) is 45.6. The molecule has 3 atom stereocenters. The Morgan fingerprint density at radius 1 is 0.817 bits per heavy atom. The summed E-state index contributed by atoms with van der Waals surface area (Å²) in [5, 5.41) is 24.2. The summed E-state index contributed by atoms with van der Waals surface area (Å²) in [6, 6.07) is 20.7. The second-order valence-electron chi connectivity index (χ2n) is 20.9. The van der Waals surface area contributed by atoms with Crippen LogP contribution in [0.5, 0.6) is 5.75 Å². The summed E-state index contributed by atoms with van der Waals surface area (Å²) < 4.78 is 61.5. The van der Waals surface area contributed by atoms with Gasteiger partial charge in [-0.15, -0.1) is 22.7 Å². The summed E-state index contributed by atoms with van der Waals surface area (Å²) in [7, 11) is 1.33. The van der Waals surface area contributed by atoms with Gasteiger partial charge in [-0.2, -0.15) is 18.2 Å². The number of piperidine rings is 1. The van der Waals surface area contributed by atoms with Crippen LogP contribution in [0.1, 0.15) is 113 Å². The molecule has 4 amide bonds. The minimum Gasteiger partial charge on any atom is -0.491 e. The second-order valence-corrected chi connectivity index (χ2v) is 22.6. The van der Waals surface area contributed by atoms with E-state index < -0.39 is 47.5 Å². The molecular weight excluding hydrogens is 1100 g/mol. The number of carbonyl (C=O) groups is 5. The molecular formula is C58H66F3N9O10S2. The molecule has 0 radical (unpaired) electrons. The third-order valence-electron chi connectivity index (χ3n) is 15.5. The van der Waals surface area contributed by atoms with E-state index in [9.17, 15) is 42.3 Å². The summed E-state index contributed by atoms with van der Waals surface area (Å²) in [4.78, 5) is 84.9. The molecule has 436 valence electrons. The number of rotatable bonds is 24. The summed E-state index contributed by atoms with van der Waals surface area (Å²) in [6.45, 7) is 6.14. The Balaban J connectivity index is 0.709. The number of hydrogen-bond acceptors (Lipinski definition) is 16. The van der Waals surface area contributed by atoms with Crippen molar-refractivity contribution in [2.24, 2.45) is 5.92 Å². The number of ether oxygens (including phenoxy) is 3. The van der Waals surface area contributed by atoms with Gasteiger partial charge in [0.2, 0.25) is 23.4 Å². The molecule has 3 aromatic heterocycles. The molecule has 3 aromatic carbocycles. The quantitative estimate of drug-likeness (QED) is 0.0379. The number of nitrogens with one attached hydrogen (secondary N) is 2. The number of nitrogens with zero attached hydrogens (tertiary/aromatic N) is 7. The van der Waals surface area contributed by atoms with Crippen LogP contribution in [-0.4, -0.2) is 154 Å². The Morgan fingerprint density at radius 2 is 1.54 bits per heavy atom. The fraction of sp³-hybridized carbons (Fsp3) is 0.466. The number of amides is 4. The highest BCUT2D eigenvalue weighted by Crippen LogP contribution is 2.40. The molecule has 24 heteroatoms. The summed E-state index contributed by atoms with van der Waals surface area (Å²) in [6.07, 6.45) is 1.28. The van der Waals surface area contributed by atoms with Crippen molar-refractivity contribution in [3.63, 3.8) is 0 Å². The van der Waals surface area contributed by atoms with E-state index in [1.54, 1.807) is 58.0 Å². The monoisotopic (exact) mass is 1170 g/mol. The van der Waals surface area contributed by atoms with E-state index in [4.69, 9.17) is 24.2 Å². The normalized spacial score (nSPS) is 17.5. The number of ketones is 1. The van der Waals surface area contributed by atoms with Crippen LogP contribution in [0.25, 0.3) is 22.6 Å². The number of thiazole rings is 2. The first kappa shape index (κ1) is 59.5. The van der Waals surface area contributed by atoms with E-state index in [1.165, 1.54) is 37.4 Å². The van der Waals surface area contributed by atoms with Gasteiger partial charge in [0.1, 0.15) is 40.1 Å². The van der Waals surface area contributed by atoms with Gasteiger partial charge in [0.05, 0.1) is 38.2 Å². The van der Waals surface area contributed by atoms with Gasteiger partial charge in [-0.05, 0) is 88.7 Å². The summed E-state index contributed by atoms with van der Waals surface area (Å²) in [5.41, 5.74) is 2.46. The maximum absolute atomic E-state index is 14.3. The van der Waals surface area contributed by atoms with Crippen molar-refractivity contribution in [3.05, 3.63) is 122 Å². The van der Waals surface area contributed by atoms with Crippen molar-refractivity contribution in [1.82, 2.24) is 45.4 Å². The predicted molar refractivity (Wildman–Crippen MR) is 299 cm³/mol. The van der Waals surface area contributed by atoms with Gasteiger partial charge >= 0.3 is 18.2 Å². The highest BCUT2D eigenvalue weighted by molar-refractivity contribution is 7.10. The number of benzene rings is 3. The average Bonchev–Trinajstić information content (AvgIpc) is 4.55. The average molecular weight is 1170 g/mol. The second kappa shape index (κ2) is 27.3. The number of likely N-dealkylation sites (tertiary alicyclic amines) is 2. The largest absolute Gasteiger partial charge is 0.491 e. The number of carbonyl (C=O) groups excluding carboxylic acids is 4. The Bertz CT molecular complexity index is 3140. The molecule has 3 aliphatic rings. The fourth-order valence-electron chi connectivity index (χ4n) is 10.6. The Kier molecular flexibility index (Phi) is 19.8. The first-order chi connectivity index (χ1) is 39.6. The highest BCUT2D eigenvalue weighted by Gasteiger charge is 2.43. The lowest BCUT2D eigenvalue weighted by Crippen LogP contribution is -2.56. The predicted octanol–water partition coefficient (Wildman–Crippen LogP) is 9.17. The van der Waals surface area contributed by atoms with Crippen LogP contribution in [0.3, 0.4) is 0 Å². The molecule has 5 heterocycles. The molecule has 2 unspecified atom stereocenters. The van der Waals surface area contributed by atoms with Crippen molar-refractivity contribution < 1.29 is 61.0 Å². The number of alkyl halides is 3. The standard InChI is InChI=1S/C58H66F3N9O10S2/c1-37(68(2)56(75)76)50(72)65-47(39-14-7-4-8-15-39)53(74)70-23-11-20-46(70)52-63-45(35-81-52)48(71)40-16-10-19-43(33-40)79-31-30-78-29-28-77-27-26-69-24-21-57(22-25-69,55-64-44(34-82-55)38-12-5-3-6-13-38)36-62-51(73)42-18-9-17-41(32-42)49-66-54(80-67-49)58(59,60)61/h3,5-6,9-10,12-13,16-19,32-35,37,39,46-47H,4,7-8,11,14-15,20-31,36H2,1-2H3,(H,62,73)(H,65,72)(H,75,76)/t37?,46-,47?/m0/s1. The number of aromatic nitrogens is 4. The van der Waals surface area contributed by atoms with Crippen molar-refractivity contribution in [3.8, 4) is 28.4 Å². The molecule has 82 heavy (non-hydrogen) atoms. The van der Waals surface area contributed by atoms with Crippen molar-refractivity contribution in [2.45, 2.75) is 94.4 Å². The van der Waals surface area contributed by atoms with Crippen molar-refractivity contribution >= 4 is 52.3 Å². The van der Waals surface area contributed by atoms with Gasteiger partial charge in [-0.1, -0.05) is 79.0 Å². The van der Waals surface area contributed by atoms with Crippen molar-refractivity contribution in [1.29, 1.82) is 0 Å². The van der Waals surface area contributed by atoms with E-state index in [1.807, 2.05) is 35.7 Å². The van der Waals surface area contributed by atoms with E-state index in [0.29, 0.717) is 68.5 Å². The van der Waals surface area contributed by atoms with Gasteiger partial charge in [-0.25, -0.2) is 14.8 Å². The molecule has 0 spiro atoms. The van der Waals surface area contributed by atoms with E-state index in [0.717, 1.165) is 72.8 Å². The molecule has 19 nitrogen and oxygen atoms in total. The maximum Gasteiger partial charge on any atom is 0.471 e.